The number of carbonyl (C=O) groups excluding carboxylic acids is 1. The summed E-state index contributed by atoms with van der Waals surface area (Å²) >= 11 is 0. The number of hydrogen-bond donors (Lipinski definition) is 0. The molecule has 0 saturated carbocycles. The summed E-state index contributed by atoms with van der Waals surface area (Å²) in [6, 6.07) is 1.81. The van der Waals surface area contributed by atoms with E-state index in [1.165, 1.54) is 0 Å². The third-order valence-electron chi connectivity index (χ3n) is 1.65. The van der Waals surface area contributed by atoms with E-state index < -0.39 is 17.7 Å². The average Bonchev–Trinajstić information content (AvgIpc) is 2.49. The smallest absolute Gasteiger partial charge is 0.448 e. The standard InChI is InChI=1S/C9H9F3O2/c1-5(2)8(13)6-3-4-7(14-6)9(10,11)12/h3-5H,1-2H3. The van der Waals surface area contributed by atoms with Crippen LogP contribution in [0.3, 0.4) is 0 Å². The summed E-state index contributed by atoms with van der Waals surface area (Å²) in [5.74, 6) is -2.18. The molecule has 1 aromatic heterocycles. The van der Waals surface area contributed by atoms with Gasteiger partial charge in [0.1, 0.15) is 0 Å². The molecule has 0 unspecified atom stereocenters. The molecule has 0 N–H and O–H groups in total. The van der Waals surface area contributed by atoms with Crippen LogP contribution in [0.2, 0.25) is 0 Å². The second kappa shape index (κ2) is 3.48. The van der Waals surface area contributed by atoms with E-state index in [-0.39, 0.29) is 11.7 Å². The molecule has 14 heavy (non-hydrogen) atoms. The van der Waals surface area contributed by atoms with E-state index in [9.17, 15) is 18.0 Å². The highest BCUT2D eigenvalue weighted by atomic mass is 19.4. The molecule has 0 fully saturated rings. The molecule has 1 rings (SSSR count). The van der Waals surface area contributed by atoms with Gasteiger partial charge in [0.05, 0.1) is 0 Å². The minimum atomic E-state index is -4.53. The van der Waals surface area contributed by atoms with Crippen LogP contribution in [0.25, 0.3) is 0 Å². The summed E-state index contributed by atoms with van der Waals surface area (Å²) in [4.78, 5) is 11.2. The summed E-state index contributed by atoms with van der Waals surface area (Å²) in [6.45, 7) is 3.19. The Labute approximate surface area is 78.7 Å². The van der Waals surface area contributed by atoms with Crippen molar-refractivity contribution in [2.24, 2.45) is 5.92 Å². The number of rotatable bonds is 2. The summed E-state index contributed by atoms with van der Waals surface area (Å²) in [6.07, 6.45) is -4.53. The number of ketones is 1. The van der Waals surface area contributed by atoms with Gasteiger partial charge in [-0.3, -0.25) is 4.79 Å². The first-order chi connectivity index (χ1) is 6.32. The van der Waals surface area contributed by atoms with Gasteiger partial charge in [0.15, 0.2) is 5.76 Å². The van der Waals surface area contributed by atoms with Gasteiger partial charge in [0.25, 0.3) is 0 Å². The number of furan rings is 1. The van der Waals surface area contributed by atoms with Crippen molar-refractivity contribution >= 4 is 5.78 Å². The average molecular weight is 206 g/mol. The molecule has 0 aromatic carbocycles. The summed E-state index contributed by atoms with van der Waals surface area (Å²) < 4.78 is 40.6. The highest BCUT2D eigenvalue weighted by Gasteiger charge is 2.35. The van der Waals surface area contributed by atoms with E-state index in [2.05, 4.69) is 4.42 Å². The van der Waals surface area contributed by atoms with Crippen LogP contribution in [0.15, 0.2) is 16.5 Å². The van der Waals surface area contributed by atoms with Crippen molar-refractivity contribution in [2.45, 2.75) is 20.0 Å². The zero-order valence-electron chi connectivity index (χ0n) is 7.68. The van der Waals surface area contributed by atoms with Gasteiger partial charge < -0.3 is 4.42 Å². The number of hydrogen-bond acceptors (Lipinski definition) is 2. The van der Waals surface area contributed by atoms with Crippen LogP contribution < -0.4 is 0 Å². The molecule has 0 aliphatic rings. The van der Waals surface area contributed by atoms with Gasteiger partial charge in [0, 0.05) is 5.92 Å². The normalized spacial score (nSPS) is 12.1. The first kappa shape index (κ1) is 10.8. The van der Waals surface area contributed by atoms with Crippen LogP contribution in [-0.2, 0) is 6.18 Å². The van der Waals surface area contributed by atoms with Gasteiger partial charge in [-0.05, 0) is 12.1 Å². The molecule has 0 atom stereocenters. The Balaban J connectivity index is 2.95. The highest BCUT2D eigenvalue weighted by Crippen LogP contribution is 2.31. The molecule has 1 aromatic rings. The van der Waals surface area contributed by atoms with E-state index in [4.69, 9.17) is 0 Å². The lowest BCUT2D eigenvalue weighted by Crippen LogP contribution is -2.07. The van der Waals surface area contributed by atoms with E-state index in [1.807, 2.05) is 0 Å². The predicted molar refractivity (Wildman–Crippen MR) is 42.9 cm³/mol. The van der Waals surface area contributed by atoms with Crippen LogP contribution in [0.5, 0.6) is 0 Å². The molecule has 0 spiro atoms. The van der Waals surface area contributed by atoms with Crippen molar-refractivity contribution < 1.29 is 22.4 Å². The fourth-order valence-electron chi connectivity index (χ4n) is 0.907. The molecule has 0 amide bonds. The molecular weight excluding hydrogens is 197 g/mol. The van der Waals surface area contributed by atoms with Crippen LogP contribution in [-0.4, -0.2) is 5.78 Å². The maximum absolute atomic E-state index is 12.1. The lowest BCUT2D eigenvalue weighted by molar-refractivity contribution is -0.153. The van der Waals surface area contributed by atoms with Crippen LogP contribution in [0, 0.1) is 5.92 Å². The third kappa shape index (κ3) is 2.16. The van der Waals surface area contributed by atoms with Crippen molar-refractivity contribution in [3.05, 3.63) is 23.7 Å². The maximum Gasteiger partial charge on any atom is 0.449 e. The van der Waals surface area contributed by atoms with Gasteiger partial charge in [-0.2, -0.15) is 13.2 Å². The van der Waals surface area contributed by atoms with Crippen LogP contribution in [0.4, 0.5) is 13.2 Å². The molecule has 5 heteroatoms. The van der Waals surface area contributed by atoms with Gasteiger partial charge in [0.2, 0.25) is 11.5 Å². The van der Waals surface area contributed by atoms with E-state index in [0.29, 0.717) is 0 Å². The Morgan fingerprint density at radius 2 is 1.93 bits per heavy atom. The number of carbonyl (C=O) groups is 1. The van der Waals surface area contributed by atoms with E-state index in [0.717, 1.165) is 12.1 Å². The molecule has 78 valence electrons. The number of halogens is 3. The largest absolute Gasteiger partial charge is 0.449 e. The fraction of sp³-hybridized carbons (Fsp3) is 0.444. The first-order valence-electron chi connectivity index (χ1n) is 4.03. The minimum absolute atomic E-state index is 0.243. The Bertz CT molecular complexity index is 336. The molecule has 0 saturated heterocycles. The topological polar surface area (TPSA) is 30.2 Å². The Morgan fingerprint density at radius 1 is 1.36 bits per heavy atom. The van der Waals surface area contributed by atoms with Crippen molar-refractivity contribution in [1.82, 2.24) is 0 Å². The zero-order chi connectivity index (χ0) is 10.9. The highest BCUT2D eigenvalue weighted by molar-refractivity contribution is 5.94. The van der Waals surface area contributed by atoms with Crippen molar-refractivity contribution in [2.75, 3.05) is 0 Å². The van der Waals surface area contributed by atoms with Crippen molar-refractivity contribution in [3.8, 4) is 0 Å². The van der Waals surface area contributed by atoms with Gasteiger partial charge in [-0.15, -0.1) is 0 Å². The molecule has 2 nitrogen and oxygen atoms in total. The Kier molecular flexibility index (Phi) is 2.69. The van der Waals surface area contributed by atoms with Crippen molar-refractivity contribution in [3.63, 3.8) is 0 Å². The van der Waals surface area contributed by atoms with Gasteiger partial charge in [-0.1, -0.05) is 13.8 Å². The fourth-order valence-corrected chi connectivity index (χ4v) is 0.907. The molecule has 0 aliphatic heterocycles. The predicted octanol–water partition coefficient (Wildman–Crippen LogP) is 3.14. The summed E-state index contributed by atoms with van der Waals surface area (Å²) in [5, 5.41) is 0. The Hall–Kier alpha value is -1.26. The van der Waals surface area contributed by atoms with Crippen LogP contribution in [0.1, 0.15) is 30.2 Å². The summed E-state index contributed by atoms with van der Waals surface area (Å²) in [5.41, 5.74) is 0. The second-order valence-corrected chi connectivity index (χ2v) is 3.18. The number of Topliss-reactive ketones (excluding diaryl/α,β-unsaturated/α-hetero) is 1. The SMILES string of the molecule is CC(C)C(=O)c1ccc(C(F)(F)F)o1. The minimum Gasteiger partial charge on any atom is -0.448 e. The summed E-state index contributed by atoms with van der Waals surface area (Å²) in [7, 11) is 0. The maximum atomic E-state index is 12.1. The molecule has 0 aliphatic carbocycles. The third-order valence-corrected chi connectivity index (χ3v) is 1.65. The van der Waals surface area contributed by atoms with Crippen molar-refractivity contribution in [1.29, 1.82) is 0 Å². The van der Waals surface area contributed by atoms with Gasteiger partial charge in [-0.25, -0.2) is 0 Å². The first-order valence-corrected chi connectivity index (χ1v) is 4.03. The van der Waals surface area contributed by atoms with Gasteiger partial charge >= 0.3 is 6.18 Å². The lowest BCUT2D eigenvalue weighted by Gasteiger charge is -2.02. The molecular formula is C9H9F3O2. The van der Waals surface area contributed by atoms with Crippen LogP contribution >= 0.6 is 0 Å². The second-order valence-electron chi connectivity index (χ2n) is 3.18. The van der Waals surface area contributed by atoms with E-state index in [1.54, 1.807) is 13.8 Å². The van der Waals surface area contributed by atoms with E-state index >= 15 is 0 Å². The molecule has 0 radical (unpaired) electrons. The zero-order valence-corrected chi connectivity index (χ0v) is 7.68. The molecule has 0 bridgehead atoms. The monoisotopic (exact) mass is 206 g/mol. The Morgan fingerprint density at radius 3 is 2.29 bits per heavy atom. The lowest BCUT2D eigenvalue weighted by atomic mass is 10.1. The quantitative estimate of drug-likeness (QED) is 0.696. The number of alkyl halides is 3. The molecule has 1 heterocycles.